The SMILES string of the molecule is O=C1[C@H]2CC=CC[C@@H]2C(=O)N1c1ccc2c(c1)ncn2C1CCCCC1. The number of anilines is 1. The molecule has 1 aromatic heterocycles. The number of amides is 2. The van der Waals surface area contributed by atoms with Gasteiger partial charge in [-0.05, 0) is 43.9 Å². The fourth-order valence-corrected chi connectivity index (χ4v) is 4.86. The molecule has 0 bridgehead atoms. The summed E-state index contributed by atoms with van der Waals surface area (Å²) in [7, 11) is 0. The summed E-state index contributed by atoms with van der Waals surface area (Å²) in [5.41, 5.74) is 2.62. The van der Waals surface area contributed by atoms with Gasteiger partial charge in [0.05, 0.1) is 34.9 Å². The second kappa shape index (κ2) is 6.08. The van der Waals surface area contributed by atoms with Crippen molar-refractivity contribution in [1.82, 2.24) is 9.55 Å². The van der Waals surface area contributed by atoms with Crippen LogP contribution < -0.4 is 4.90 Å². The van der Waals surface area contributed by atoms with Crippen LogP contribution in [0.4, 0.5) is 5.69 Å². The Labute approximate surface area is 152 Å². The summed E-state index contributed by atoms with van der Waals surface area (Å²) >= 11 is 0. The van der Waals surface area contributed by atoms with E-state index < -0.39 is 0 Å². The molecular weight excluding hydrogens is 326 g/mol. The third kappa shape index (κ3) is 2.33. The Hall–Kier alpha value is -2.43. The van der Waals surface area contributed by atoms with E-state index in [1.807, 2.05) is 36.7 Å². The summed E-state index contributed by atoms with van der Waals surface area (Å²) in [6, 6.07) is 6.34. The smallest absolute Gasteiger partial charge is 0.238 e. The maximum atomic E-state index is 12.8. The number of carbonyl (C=O) groups is 2. The highest BCUT2D eigenvalue weighted by Gasteiger charge is 2.47. The highest BCUT2D eigenvalue weighted by Crippen LogP contribution is 2.38. The summed E-state index contributed by atoms with van der Waals surface area (Å²) in [4.78, 5) is 31.5. The Morgan fingerprint density at radius 1 is 0.923 bits per heavy atom. The van der Waals surface area contributed by atoms with Gasteiger partial charge in [0, 0.05) is 6.04 Å². The third-order valence-corrected chi connectivity index (χ3v) is 6.29. The number of carbonyl (C=O) groups excluding carboxylic acids is 2. The molecule has 1 saturated heterocycles. The molecule has 2 aromatic rings. The average Bonchev–Trinajstić information content (AvgIpc) is 3.22. The molecule has 2 heterocycles. The predicted octanol–water partition coefficient (Wildman–Crippen LogP) is 4.00. The summed E-state index contributed by atoms with van der Waals surface area (Å²) < 4.78 is 2.27. The van der Waals surface area contributed by atoms with Crippen molar-refractivity contribution in [3.63, 3.8) is 0 Å². The fourth-order valence-electron chi connectivity index (χ4n) is 4.86. The zero-order chi connectivity index (χ0) is 17.7. The van der Waals surface area contributed by atoms with Gasteiger partial charge < -0.3 is 4.57 Å². The third-order valence-electron chi connectivity index (χ3n) is 6.29. The van der Waals surface area contributed by atoms with E-state index in [1.165, 1.54) is 37.0 Å². The molecule has 2 aliphatic carbocycles. The summed E-state index contributed by atoms with van der Waals surface area (Å²) in [5, 5.41) is 0. The lowest BCUT2D eigenvalue weighted by Gasteiger charge is -2.23. The molecule has 0 N–H and O–H groups in total. The van der Waals surface area contributed by atoms with Crippen molar-refractivity contribution in [3.05, 3.63) is 36.7 Å². The average molecular weight is 349 g/mol. The highest BCUT2D eigenvalue weighted by atomic mass is 16.2. The number of imide groups is 1. The molecule has 5 nitrogen and oxygen atoms in total. The number of fused-ring (bicyclic) bond motifs is 2. The molecule has 5 heteroatoms. The van der Waals surface area contributed by atoms with Gasteiger partial charge in [-0.25, -0.2) is 9.88 Å². The molecule has 1 saturated carbocycles. The Balaban J connectivity index is 1.49. The van der Waals surface area contributed by atoms with E-state index in [4.69, 9.17) is 0 Å². The standard InChI is InChI=1S/C21H23N3O2/c25-20-16-8-4-5-9-17(16)21(26)24(20)15-10-11-19-18(12-15)22-13-23(19)14-6-2-1-3-7-14/h4-5,10-14,16-17H,1-3,6-9H2/t16-,17-/m0/s1. The molecular formula is C21H23N3O2. The number of nitrogens with zero attached hydrogens (tertiary/aromatic N) is 3. The minimum atomic E-state index is -0.192. The molecule has 0 unspecified atom stereocenters. The van der Waals surface area contributed by atoms with Gasteiger partial charge in [-0.2, -0.15) is 0 Å². The van der Waals surface area contributed by atoms with Crippen LogP contribution in [0.3, 0.4) is 0 Å². The molecule has 134 valence electrons. The first-order valence-electron chi connectivity index (χ1n) is 9.73. The van der Waals surface area contributed by atoms with Gasteiger partial charge in [0.1, 0.15) is 0 Å². The van der Waals surface area contributed by atoms with Crippen molar-refractivity contribution >= 4 is 28.5 Å². The topological polar surface area (TPSA) is 55.2 Å². The van der Waals surface area contributed by atoms with Gasteiger partial charge in [0.2, 0.25) is 11.8 Å². The highest BCUT2D eigenvalue weighted by molar-refractivity contribution is 6.22. The second-order valence-corrected chi connectivity index (χ2v) is 7.78. The zero-order valence-corrected chi connectivity index (χ0v) is 14.8. The van der Waals surface area contributed by atoms with E-state index in [0.29, 0.717) is 24.6 Å². The first-order chi connectivity index (χ1) is 12.7. The zero-order valence-electron chi connectivity index (χ0n) is 14.8. The minimum Gasteiger partial charge on any atom is -0.327 e. The molecule has 0 radical (unpaired) electrons. The normalized spacial score (nSPS) is 26.7. The van der Waals surface area contributed by atoms with Gasteiger partial charge in [0.25, 0.3) is 0 Å². The molecule has 3 aliphatic rings. The van der Waals surface area contributed by atoms with E-state index >= 15 is 0 Å². The first kappa shape index (κ1) is 15.8. The molecule has 1 aliphatic heterocycles. The second-order valence-electron chi connectivity index (χ2n) is 7.78. The van der Waals surface area contributed by atoms with E-state index in [1.54, 1.807) is 0 Å². The van der Waals surface area contributed by atoms with Crippen LogP contribution in [0.15, 0.2) is 36.7 Å². The van der Waals surface area contributed by atoms with E-state index in [9.17, 15) is 9.59 Å². The monoisotopic (exact) mass is 349 g/mol. The van der Waals surface area contributed by atoms with Gasteiger partial charge in [-0.1, -0.05) is 31.4 Å². The number of aromatic nitrogens is 2. The van der Waals surface area contributed by atoms with Crippen LogP contribution in [-0.2, 0) is 9.59 Å². The Morgan fingerprint density at radius 3 is 2.31 bits per heavy atom. The lowest BCUT2D eigenvalue weighted by atomic mass is 9.85. The van der Waals surface area contributed by atoms with Crippen LogP contribution in [0.25, 0.3) is 11.0 Å². The Kier molecular flexibility index (Phi) is 3.69. The largest absolute Gasteiger partial charge is 0.327 e. The van der Waals surface area contributed by atoms with Crippen molar-refractivity contribution in [1.29, 1.82) is 0 Å². The van der Waals surface area contributed by atoms with Crippen LogP contribution in [0.2, 0.25) is 0 Å². The first-order valence-corrected chi connectivity index (χ1v) is 9.73. The van der Waals surface area contributed by atoms with E-state index in [0.717, 1.165) is 11.0 Å². The minimum absolute atomic E-state index is 0.0598. The van der Waals surface area contributed by atoms with Crippen LogP contribution in [0.1, 0.15) is 51.0 Å². The van der Waals surface area contributed by atoms with Crippen molar-refractivity contribution in [2.75, 3.05) is 4.90 Å². The maximum Gasteiger partial charge on any atom is 0.238 e. The summed E-state index contributed by atoms with van der Waals surface area (Å²) in [5.74, 6) is -0.503. The maximum absolute atomic E-state index is 12.8. The van der Waals surface area contributed by atoms with Gasteiger partial charge in [-0.3, -0.25) is 9.59 Å². The Morgan fingerprint density at radius 2 is 1.62 bits per heavy atom. The molecule has 5 rings (SSSR count). The van der Waals surface area contributed by atoms with Crippen molar-refractivity contribution in [3.8, 4) is 0 Å². The number of hydrogen-bond acceptors (Lipinski definition) is 3. The lowest BCUT2D eigenvalue weighted by molar-refractivity contribution is -0.122. The quantitative estimate of drug-likeness (QED) is 0.608. The fraction of sp³-hybridized carbons (Fsp3) is 0.476. The van der Waals surface area contributed by atoms with E-state index in [2.05, 4.69) is 9.55 Å². The number of benzene rings is 1. The number of hydrogen-bond donors (Lipinski definition) is 0. The molecule has 2 amide bonds. The van der Waals surface area contributed by atoms with Gasteiger partial charge in [-0.15, -0.1) is 0 Å². The van der Waals surface area contributed by atoms with Gasteiger partial charge in [0.15, 0.2) is 0 Å². The number of imidazole rings is 1. The van der Waals surface area contributed by atoms with Gasteiger partial charge >= 0.3 is 0 Å². The lowest BCUT2D eigenvalue weighted by Crippen LogP contribution is -2.30. The van der Waals surface area contributed by atoms with Crippen molar-refractivity contribution in [2.45, 2.75) is 51.0 Å². The molecule has 2 fully saturated rings. The number of allylic oxidation sites excluding steroid dienone is 2. The van der Waals surface area contributed by atoms with E-state index in [-0.39, 0.29) is 23.7 Å². The number of rotatable bonds is 2. The van der Waals surface area contributed by atoms with Crippen LogP contribution in [-0.4, -0.2) is 21.4 Å². The van der Waals surface area contributed by atoms with Crippen LogP contribution in [0, 0.1) is 11.8 Å². The molecule has 2 atom stereocenters. The molecule has 1 aromatic carbocycles. The van der Waals surface area contributed by atoms with Crippen LogP contribution in [0.5, 0.6) is 0 Å². The molecule has 26 heavy (non-hydrogen) atoms. The van der Waals surface area contributed by atoms with Crippen LogP contribution >= 0.6 is 0 Å². The predicted molar refractivity (Wildman–Crippen MR) is 99.7 cm³/mol. The Bertz CT molecular complexity index is 881. The van der Waals surface area contributed by atoms with Crippen molar-refractivity contribution in [2.24, 2.45) is 11.8 Å². The summed E-state index contributed by atoms with van der Waals surface area (Å²) in [6.45, 7) is 0. The molecule has 0 spiro atoms. The van der Waals surface area contributed by atoms with Crippen molar-refractivity contribution < 1.29 is 9.59 Å². The summed E-state index contributed by atoms with van der Waals surface area (Å²) in [6.07, 6.45) is 13.6.